The summed E-state index contributed by atoms with van der Waals surface area (Å²) >= 11 is 0. The SMILES string of the molecule is CC/C=C\C/C=C\C/C=C\CCCCCCCC(=O)OCC(O)CCCCCC. The second-order valence-electron chi connectivity index (χ2n) is 7.79. The Hall–Kier alpha value is -1.35. The van der Waals surface area contributed by atoms with Crippen LogP contribution in [-0.2, 0) is 9.53 Å². The number of ether oxygens (including phenoxy) is 1. The van der Waals surface area contributed by atoms with Crippen molar-refractivity contribution in [1.82, 2.24) is 0 Å². The molecular weight excluding hydrogens is 360 g/mol. The molecule has 0 radical (unpaired) electrons. The van der Waals surface area contributed by atoms with Crippen molar-refractivity contribution >= 4 is 5.97 Å². The van der Waals surface area contributed by atoms with Gasteiger partial charge in [-0.1, -0.05) is 95.2 Å². The Morgan fingerprint density at radius 3 is 2.14 bits per heavy atom. The van der Waals surface area contributed by atoms with Crippen LogP contribution in [0.15, 0.2) is 36.5 Å². The highest BCUT2D eigenvalue weighted by molar-refractivity contribution is 5.69. The number of allylic oxidation sites excluding steroid dienone is 6. The van der Waals surface area contributed by atoms with Crippen molar-refractivity contribution in [3.05, 3.63) is 36.5 Å². The fourth-order valence-electron chi connectivity index (χ4n) is 3.04. The predicted octanol–water partition coefficient (Wildman–Crippen LogP) is 7.45. The molecule has 0 aliphatic carbocycles. The maximum absolute atomic E-state index is 11.7. The van der Waals surface area contributed by atoms with E-state index in [0.29, 0.717) is 6.42 Å². The molecule has 3 nitrogen and oxygen atoms in total. The van der Waals surface area contributed by atoms with Gasteiger partial charge in [0.05, 0.1) is 6.10 Å². The molecule has 0 fully saturated rings. The molecule has 29 heavy (non-hydrogen) atoms. The highest BCUT2D eigenvalue weighted by Gasteiger charge is 2.08. The molecule has 0 aromatic carbocycles. The van der Waals surface area contributed by atoms with E-state index >= 15 is 0 Å². The minimum absolute atomic E-state index is 0.155. The van der Waals surface area contributed by atoms with Crippen molar-refractivity contribution in [2.24, 2.45) is 0 Å². The van der Waals surface area contributed by atoms with E-state index in [1.807, 2.05) is 0 Å². The number of carbonyl (C=O) groups is 1. The fraction of sp³-hybridized carbons (Fsp3) is 0.731. The average Bonchev–Trinajstić information content (AvgIpc) is 2.72. The molecule has 0 saturated carbocycles. The quantitative estimate of drug-likeness (QED) is 0.130. The predicted molar refractivity (Wildman–Crippen MR) is 125 cm³/mol. The Morgan fingerprint density at radius 1 is 0.793 bits per heavy atom. The lowest BCUT2D eigenvalue weighted by atomic mass is 10.1. The maximum Gasteiger partial charge on any atom is 0.305 e. The number of esters is 1. The molecule has 3 heteroatoms. The molecule has 0 amide bonds. The van der Waals surface area contributed by atoms with E-state index in [0.717, 1.165) is 57.8 Å². The third kappa shape index (κ3) is 22.8. The van der Waals surface area contributed by atoms with Crippen molar-refractivity contribution in [3.8, 4) is 0 Å². The fourth-order valence-corrected chi connectivity index (χ4v) is 3.04. The number of unbranched alkanes of at least 4 members (excludes halogenated alkanes) is 8. The van der Waals surface area contributed by atoms with Gasteiger partial charge in [-0.15, -0.1) is 0 Å². The Kier molecular flexibility index (Phi) is 21.9. The van der Waals surface area contributed by atoms with Gasteiger partial charge in [-0.2, -0.15) is 0 Å². The van der Waals surface area contributed by atoms with Gasteiger partial charge in [0.2, 0.25) is 0 Å². The van der Waals surface area contributed by atoms with Gasteiger partial charge in [-0.3, -0.25) is 4.79 Å². The van der Waals surface area contributed by atoms with E-state index in [9.17, 15) is 9.90 Å². The highest BCUT2D eigenvalue weighted by atomic mass is 16.5. The Morgan fingerprint density at radius 2 is 1.41 bits per heavy atom. The van der Waals surface area contributed by atoms with Crippen LogP contribution >= 0.6 is 0 Å². The number of hydrogen-bond acceptors (Lipinski definition) is 3. The van der Waals surface area contributed by atoms with Crippen molar-refractivity contribution in [2.75, 3.05) is 6.61 Å². The van der Waals surface area contributed by atoms with Gasteiger partial charge in [0, 0.05) is 6.42 Å². The first-order valence-electron chi connectivity index (χ1n) is 12.0. The summed E-state index contributed by atoms with van der Waals surface area (Å²) in [5.74, 6) is -0.168. The van der Waals surface area contributed by atoms with Crippen LogP contribution in [0.5, 0.6) is 0 Å². The Labute approximate surface area is 180 Å². The van der Waals surface area contributed by atoms with Gasteiger partial charge in [0.1, 0.15) is 6.61 Å². The second-order valence-corrected chi connectivity index (χ2v) is 7.79. The van der Waals surface area contributed by atoms with E-state index in [1.54, 1.807) is 0 Å². The van der Waals surface area contributed by atoms with Gasteiger partial charge in [-0.25, -0.2) is 0 Å². The average molecular weight is 407 g/mol. The van der Waals surface area contributed by atoms with Crippen molar-refractivity contribution in [3.63, 3.8) is 0 Å². The van der Waals surface area contributed by atoms with Crippen LogP contribution < -0.4 is 0 Å². The maximum atomic E-state index is 11.7. The lowest BCUT2D eigenvalue weighted by Crippen LogP contribution is -2.18. The van der Waals surface area contributed by atoms with E-state index in [-0.39, 0.29) is 12.6 Å². The second kappa shape index (κ2) is 22.9. The summed E-state index contributed by atoms with van der Waals surface area (Å²) in [6, 6.07) is 0. The molecule has 0 heterocycles. The highest BCUT2D eigenvalue weighted by Crippen LogP contribution is 2.10. The number of aliphatic hydroxyl groups is 1. The summed E-state index contributed by atoms with van der Waals surface area (Å²) in [5, 5.41) is 9.81. The third-order valence-electron chi connectivity index (χ3n) is 4.86. The molecule has 168 valence electrons. The van der Waals surface area contributed by atoms with Crippen LogP contribution in [-0.4, -0.2) is 23.8 Å². The van der Waals surface area contributed by atoms with Crippen molar-refractivity contribution in [2.45, 2.75) is 116 Å². The van der Waals surface area contributed by atoms with E-state index < -0.39 is 6.10 Å². The van der Waals surface area contributed by atoms with Crippen LogP contribution in [0, 0.1) is 0 Å². The summed E-state index contributed by atoms with van der Waals surface area (Å²) < 4.78 is 5.17. The molecule has 0 saturated heterocycles. The molecule has 0 spiro atoms. The van der Waals surface area contributed by atoms with Crippen molar-refractivity contribution in [1.29, 1.82) is 0 Å². The monoisotopic (exact) mass is 406 g/mol. The van der Waals surface area contributed by atoms with Crippen LogP contribution in [0.2, 0.25) is 0 Å². The van der Waals surface area contributed by atoms with Crippen LogP contribution in [0.1, 0.15) is 110 Å². The molecule has 0 rings (SSSR count). The first-order chi connectivity index (χ1) is 14.2. The van der Waals surface area contributed by atoms with Crippen molar-refractivity contribution < 1.29 is 14.6 Å². The molecular formula is C26H46O3. The molecule has 0 aliphatic heterocycles. The summed E-state index contributed by atoms with van der Waals surface area (Å²) in [6.45, 7) is 4.48. The lowest BCUT2D eigenvalue weighted by Gasteiger charge is -2.11. The molecule has 0 bridgehead atoms. The van der Waals surface area contributed by atoms with Gasteiger partial charge in [0.15, 0.2) is 0 Å². The summed E-state index contributed by atoms with van der Waals surface area (Å²) in [7, 11) is 0. The molecule has 1 atom stereocenters. The summed E-state index contributed by atoms with van der Waals surface area (Å²) in [6.07, 6.45) is 28.5. The molecule has 0 aromatic rings. The molecule has 0 aromatic heterocycles. The molecule has 0 aliphatic rings. The standard InChI is InChI=1S/C26H46O3/c1-3-5-7-9-10-11-12-13-14-15-16-17-18-19-21-23-26(28)29-24-25(27)22-20-8-6-4-2/h5,7,10-11,13-14,25,27H,3-4,6,8-9,12,15-24H2,1-2H3/b7-5-,11-10-,14-13-. The van der Waals surface area contributed by atoms with E-state index in [4.69, 9.17) is 4.74 Å². The zero-order valence-electron chi connectivity index (χ0n) is 19.1. The lowest BCUT2D eigenvalue weighted by molar-refractivity contribution is -0.146. The van der Waals surface area contributed by atoms with Crippen LogP contribution in [0.4, 0.5) is 0 Å². The summed E-state index contributed by atoms with van der Waals surface area (Å²) in [4.78, 5) is 11.7. The van der Waals surface area contributed by atoms with Gasteiger partial charge < -0.3 is 9.84 Å². The normalized spacial score (nSPS) is 13.1. The third-order valence-corrected chi connectivity index (χ3v) is 4.86. The van der Waals surface area contributed by atoms with Crippen LogP contribution in [0.25, 0.3) is 0 Å². The topological polar surface area (TPSA) is 46.5 Å². The Balaban J connectivity index is 3.39. The van der Waals surface area contributed by atoms with Gasteiger partial charge in [0.25, 0.3) is 0 Å². The first kappa shape index (κ1) is 27.6. The smallest absolute Gasteiger partial charge is 0.305 e. The Bertz CT molecular complexity index is 437. The number of carbonyl (C=O) groups excluding carboxylic acids is 1. The number of aliphatic hydroxyl groups excluding tert-OH is 1. The zero-order valence-corrected chi connectivity index (χ0v) is 19.1. The van der Waals surface area contributed by atoms with Crippen LogP contribution in [0.3, 0.4) is 0 Å². The largest absolute Gasteiger partial charge is 0.463 e. The zero-order chi connectivity index (χ0) is 21.4. The van der Waals surface area contributed by atoms with E-state index in [2.05, 4.69) is 50.3 Å². The number of hydrogen-bond donors (Lipinski definition) is 1. The minimum atomic E-state index is -0.503. The van der Waals surface area contributed by atoms with Gasteiger partial charge in [-0.05, 0) is 44.9 Å². The minimum Gasteiger partial charge on any atom is -0.463 e. The number of rotatable bonds is 20. The molecule has 1 N–H and O–H groups in total. The van der Waals surface area contributed by atoms with E-state index in [1.165, 1.54) is 32.1 Å². The summed E-state index contributed by atoms with van der Waals surface area (Å²) in [5.41, 5.74) is 0. The van der Waals surface area contributed by atoms with Gasteiger partial charge >= 0.3 is 5.97 Å². The first-order valence-corrected chi connectivity index (χ1v) is 12.0. The molecule has 1 unspecified atom stereocenters.